The summed E-state index contributed by atoms with van der Waals surface area (Å²) in [6.45, 7) is 3.91. The Morgan fingerprint density at radius 3 is 2.75 bits per heavy atom. The molecule has 1 aromatic heterocycles. The van der Waals surface area contributed by atoms with E-state index < -0.39 is 0 Å². The molecule has 1 fully saturated rings. The summed E-state index contributed by atoms with van der Waals surface area (Å²) < 4.78 is 2.23. The highest BCUT2D eigenvalue weighted by atomic mass is 35.5. The lowest BCUT2D eigenvalue weighted by atomic mass is 9.95. The van der Waals surface area contributed by atoms with Crippen LogP contribution in [0.1, 0.15) is 61.3 Å². The van der Waals surface area contributed by atoms with Crippen molar-refractivity contribution in [2.45, 2.75) is 62.4 Å². The second kappa shape index (κ2) is 7.70. The Bertz CT molecular complexity index is 725. The molecule has 6 heteroatoms. The monoisotopic (exact) mass is 363 g/mol. The van der Waals surface area contributed by atoms with Gasteiger partial charge in [0, 0.05) is 16.6 Å². The number of aryl methyl sites for hydroxylation is 1. The van der Waals surface area contributed by atoms with Crippen LogP contribution in [0.2, 0.25) is 5.02 Å². The Morgan fingerprint density at radius 1 is 1.29 bits per heavy atom. The molecule has 0 aliphatic heterocycles. The molecule has 24 heavy (non-hydrogen) atoms. The van der Waals surface area contributed by atoms with E-state index in [4.69, 9.17) is 11.6 Å². The number of carbonyl (C=O) groups excluding carboxylic acids is 1. The van der Waals surface area contributed by atoms with E-state index in [0.29, 0.717) is 16.6 Å². The van der Waals surface area contributed by atoms with Gasteiger partial charge in [-0.15, -0.1) is 10.2 Å². The number of aromatic nitrogens is 3. The zero-order chi connectivity index (χ0) is 17.1. The maximum absolute atomic E-state index is 12.7. The van der Waals surface area contributed by atoms with Crippen molar-refractivity contribution in [3.8, 4) is 0 Å². The number of halogens is 1. The van der Waals surface area contributed by atoms with Crippen molar-refractivity contribution in [3.05, 3.63) is 40.7 Å². The van der Waals surface area contributed by atoms with E-state index in [2.05, 4.69) is 14.8 Å². The van der Waals surface area contributed by atoms with Crippen LogP contribution in [-0.2, 0) is 0 Å². The maximum atomic E-state index is 12.7. The van der Waals surface area contributed by atoms with E-state index in [9.17, 15) is 4.79 Å². The second-order valence-corrected chi connectivity index (χ2v) is 8.07. The average Bonchev–Trinajstić information content (AvgIpc) is 2.95. The number of hydrogen-bond acceptors (Lipinski definition) is 4. The van der Waals surface area contributed by atoms with Crippen LogP contribution >= 0.6 is 23.4 Å². The van der Waals surface area contributed by atoms with E-state index in [1.807, 2.05) is 26.0 Å². The van der Waals surface area contributed by atoms with Gasteiger partial charge in [0.2, 0.25) is 0 Å². The molecule has 0 N–H and O–H groups in total. The molecule has 2 aromatic rings. The molecule has 3 rings (SSSR count). The van der Waals surface area contributed by atoms with Gasteiger partial charge < -0.3 is 4.57 Å². The van der Waals surface area contributed by atoms with Crippen LogP contribution in [0.25, 0.3) is 0 Å². The number of ketones is 1. The van der Waals surface area contributed by atoms with Crippen molar-refractivity contribution < 1.29 is 4.79 Å². The summed E-state index contributed by atoms with van der Waals surface area (Å²) in [4.78, 5) is 12.7. The second-order valence-electron chi connectivity index (χ2n) is 6.33. The normalized spacial score (nSPS) is 17.0. The topological polar surface area (TPSA) is 47.8 Å². The number of hydrogen-bond donors (Lipinski definition) is 0. The molecule has 0 saturated heterocycles. The van der Waals surface area contributed by atoms with E-state index in [1.165, 1.54) is 43.9 Å². The minimum Gasteiger partial charge on any atom is -0.303 e. The van der Waals surface area contributed by atoms with Gasteiger partial charge in [0.15, 0.2) is 10.9 Å². The van der Waals surface area contributed by atoms with Crippen LogP contribution in [0, 0.1) is 6.92 Å². The first-order valence-electron chi connectivity index (χ1n) is 8.44. The third-order valence-corrected chi connectivity index (χ3v) is 5.83. The fourth-order valence-electron chi connectivity index (χ4n) is 3.28. The van der Waals surface area contributed by atoms with Crippen molar-refractivity contribution in [1.82, 2.24) is 14.8 Å². The van der Waals surface area contributed by atoms with Gasteiger partial charge in [0.05, 0.1) is 5.25 Å². The van der Waals surface area contributed by atoms with Crippen LogP contribution in [0.15, 0.2) is 29.4 Å². The van der Waals surface area contributed by atoms with Gasteiger partial charge in [-0.3, -0.25) is 4.79 Å². The lowest BCUT2D eigenvalue weighted by Crippen LogP contribution is -2.18. The summed E-state index contributed by atoms with van der Waals surface area (Å²) in [6, 6.07) is 7.58. The Hall–Kier alpha value is -1.33. The predicted molar refractivity (Wildman–Crippen MR) is 98.0 cm³/mol. The number of rotatable bonds is 5. The smallest absolute Gasteiger partial charge is 0.192 e. The molecule has 1 atom stereocenters. The molecule has 128 valence electrons. The molecular formula is C18H22ClN3OS. The van der Waals surface area contributed by atoms with Gasteiger partial charge >= 0.3 is 0 Å². The summed E-state index contributed by atoms with van der Waals surface area (Å²) >= 11 is 7.49. The van der Waals surface area contributed by atoms with Gasteiger partial charge in [0.25, 0.3) is 0 Å². The van der Waals surface area contributed by atoms with Crippen molar-refractivity contribution >= 4 is 29.1 Å². The zero-order valence-corrected chi connectivity index (χ0v) is 15.6. The molecule has 4 nitrogen and oxygen atoms in total. The summed E-state index contributed by atoms with van der Waals surface area (Å²) in [6.07, 6.45) is 6.16. The Labute approximate surface area is 152 Å². The van der Waals surface area contributed by atoms with Gasteiger partial charge in [-0.2, -0.15) is 0 Å². The van der Waals surface area contributed by atoms with Crippen LogP contribution in [0.5, 0.6) is 0 Å². The number of thioether (sulfide) groups is 1. The first-order valence-corrected chi connectivity index (χ1v) is 9.70. The van der Waals surface area contributed by atoms with Crippen LogP contribution in [0.3, 0.4) is 0 Å². The first-order chi connectivity index (χ1) is 11.6. The number of nitrogens with zero attached hydrogens (tertiary/aromatic N) is 3. The van der Waals surface area contributed by atoms with E-state index in [0.717, 1.165) is 11.0 Å². The SMILES string of the molecule is Cc1nnc(SC(C)C(=O)c2cccc(Cl)c2)n1C1CCCCC1. The van der Waals surface area contributed by atoms with Gasteiger partial charge in [-0.05, 0) is 38.8 Å². The largest absolute Gasteiger partial charge is 0.303 e. The van der Waals surface area contributed by atoms with Crippen LogP contribution in [0.4, 0.5) is 0 Å². The molecule has 1 heterocycles. The molecule has 0 bridgehead atoms. The predicted octanol–water partition coefficient (Wildman–Crippen LogP) is 5.11. The van der Waals surface area contributed by atoms with Crippen molar-refractivity contribution in [1.29, 1.82) is 0 Å². The van der Waals surface area contributed by atoms with Gasteiger partial charge in [0.1, 0.15) is 5.82 Å². The molecule has 0 amide bonds. The minimum absolute atomic E-state index is 0.0679. The third-order valence-electron chi connectivity index (χ3n) is 4.54. The first kappa shape index (κ1) is 17.5. The molecular weight excluding hydrogens is 342 g/mol. The Kier molecular flexibility index (Phi) is 5.61. The lowest BCUT2D eigenvalue weighted by Gasteiger charge is -2.25. The Morgan fingerprint density at radius 2 is 2.04 bits per heavy atom. The highest BCUT2D eigenvalue weighted by Crippen LogP contribution is 2.34. The molecule has 0 spiro atoms. The van der Waals surface area contributed by atoms with E-state index in [-0.39, 0.29) is 11.0 Å². The number of carbonyl (C=O) groups is 1. The molecule has 1 aromatic carbocycles. The van der Waals surface area contributed by atoms with Crippen LogP contribution in [-0.4, -0.2) is 25.8 Å². The highest BCUT2D eigenvalue weighted by molar-refractivity contribution is 8.00. The summed E-state index contributed by atoms with van der Waals surface area (Å²) in [7, 11) is 0. The average molecular weight is 364 g/mol. The third kappa shape index (κ3) is 3.83. The number of benzene rings is 1. The molecule has 1 saturated carbocycles. The maximum Gasteiger partial charge on any atom is 0.192 e. The van der Waals surface area contributed by atoms with Crippen molar-refractivity contribution in [3.63, 3.8) is 0 Å². The fraction of sp³-hybridized carbons (Fsp3) is 0.500. The Balaban J connectivity index is 1.77. The fourth-order valence-corrected chi connectivity index (χ4v) is 4.51. The number of Topliss-reactive ketones (excluding diaryl/α,β-unsaturated/α-hetero) is 1. The quantitative estimate of drug-likeness (QED) is 0.547. The van der Waals surface area contributed by atoms with Gasteiger partial charge in [-0.1, -0.05) is 54.8 Å². The van der Waals surface area contributed by atoms with E-state index in [1.54, 1.807) is 12.1 Å². The summed E-state index contributed by atoms with van der Waals surface area (Å²) in [5.74, 6) is 1.00. The van der Waals surface area contributed by atoms with Crippen molar-refractivity contribution in [2.24, 2.45) is 0 Å². The summed E-state index contributed by atoms with van der Waals surface area (Å²) in [5.41, 5.74) is 0.642. The lowest BCUT2D eigenvalue weighted by molar-refractivity contribution is 0.0993. The van der Waals surface area contributed by atoms with Crippen molar-refractivity contribution in [2.75, 3.05) is 0 Å². The molecule has 1 aliphatic carbocycles. The highest BCUT2D eigenvalue weighted by Gasteiger charge is 2.25. The molecule has 1 aliphatic rings. The minimum atomic E-state index is -0.227. The molecule has 1 unspecified atom stereocenters. The van der Waals surface area contributed by atoms with Gasteiger partial charge in [-0.25, -0.2) is 0 Å². The molecule has 0 radical (unpaired) electrons. The van der Waals surface area contributed by atoms with Crippen LogP contribution < -0.4 is 0 Å². The summed E-state index contributed by atoms with van der Waals surface area (Å²) in [5, 5.41) is 9.78. The van der Waals surface area contributed by atoms with E-state index >= 15 is 0 Å². The standard InChI is InChI=1S/C18H22ClN3OS/c1-12(17(23)14-7-6-8-15(19)11-14)24-18-21-20-13(2)22(18)16-9-4-3-5-10-16/h6-8,11-12,16H,3-5,9-10H2,1-2H3. The zero-order valence-electron chi connectivity index (χ0n) is 14.0.